The summed E-state index contributed by atoms with van der Waals surface area (Å²) in [5, 5.41) is 18.6. The fraction of sp³-hybridized carbons (Fsp3) is 0.286. The van der Waals surface area contributed by atoms with Crippen LogP contribution >= 0.6 is 0 Å². The number of rotatable bonds is 5. The minimum absolute atomic E-state index is 0.0906. The molecule has 0 atom stereocenters. The number of carboxylic acid groups (broad SMARTS) is 1. The van der Waals surface area contributed by atoms with Crippen molar-refractivity contribution >= 4 is 17.6 Å². The topological polar surface area (TPSA) is 97.1 Å². The maximum absolute atomic E-state index is 12.0. The maximum Gasteiger partial charge on any atom is 0.358 e. The van der Waals surface area contributed by atoms with Crippen LogP contribution in [0.4, 0.5) is 5.69 Å². The van der Waals surface area contributed by atoms with Gasteiger partial charge in [-0.2, -0.15) is 0 Å². The standard InChI is InChI=1S/C14H16N4O3/c1-9(2)10-5-3-4-6-11(10)15-13(19)8-18-7-12(14(20)21)16-17-18/h3-7,9H,8H2,1-2H3,(H,15,19)(H,20,21). The molecule has 21 heavy (non-hydrogen) atoms. The van der Waals surface area contributed by atoms with Gasteiger partial charge in [-0.05, 0) is 17.5 Å². The highest BCUT2D eigenvalue weighted by Crippen LogP contribution is 2.23. The monoisotopic (exact) mass is 288 g/mol. The summed E-state index contributed by atoms with van der Waals surface area (Å²) in [5.74, 6) is -1.18. The molecule has 0 bridgehead atoms. The third-order valence-electron chi connectivity index (χ3n) is 2.92. The lowest BCUT2D eigenvalue weighted by atomic mass is 10.0. The first kappa shape index (κ1) is 14.7. The van der Waals surface area contributed by atoms with Crippen molar-refractivity contribution in [1.82, 2.24) is 15.0 Å². The molecule has 7 nitrogen and oxygen atoms in total. The largest absolute Gasteiger partial charge is 0.476 e. The van der Waals surface area contributed by atoms with Crippen LogP contribution in [0.3, 0.4) is 0 Å². The van der Waals surface area contributed by atoms with Crippen LogP contribution < -0.4 is 5.32 Å². The summed E-state index contributed by atoms with van der Waals surface area (Å²) in [7, 11) is 0. The third kappa shape index (κ3) is 3.65. The molecule has 7 heteroatoms. The fourth-order valence-corrected chi connectivity index (χ4v) is 1.92. The van der Waals surface area contributed by atoms with Crippen molar-refractivity contribution in [2.24, 2.45) is 0 Å². The molecule has 0 aliphatic heterocycles. The molecular formula is C14H16N4O3. The summed E-state index contributed by atoms with van der Waals surface area (Å²) < 4.78 is 1.19. The quantitative estimate of drug-likeness (QED) is 0.873. The van der Waals surface area contributed by atoms with Gasteiger partial charge in [-0.15, -0.1) is 5.10 Å². The summed E-state index contributed by atoms with van der Waals surface area (Å²) >= 11 is 0. The predicted octanol–water partition coefficient (Wildman–Crippen LogP) is 1.74. The van der Waals surface area contributed by atoms with Gasteiger partial charge in [0, 0.05) is 5.69 Å². The number of amides is 1. The third-order valence-corrected chi connectivity index (χ3v) is 2.92. The van der Waals surface area contributed by atoms with Crippen LogP contribution in [0.5, 0.6) is 0 Å². The minimum Gasteiger partial charge on any atom is -0.476 e. The molecule has 1 aromatic carbocycles. The molecule has 2 rings (SSSR count). The molecule has 1 amide bonds. The molecule has 1 heterocycles. The number of carbonyl (C=O) groups excluding carboxylic acids is 1. The van der Waals surface area contributed by atoms with Gasteiger partial charge in [0.05, 0.1) is 6.20 Å². The zero-order valence-electron chi connectivity index (χ0n) is 11.8. The molecule has 0 aliphatic rings. The van der Waals surface area contributed by atoms with Crippen molar-refractivity contribution in [3.05, 3.63) is 41.7 Å². The van der Waals surface area contributed by atoms with E-state index in [-0.39, 0.29) is 24.1 Å². The van der Waals surface area contributed by atoms with E-state index < -0.39 is 5.97 Å². The molecule has 0 saturated carbocycles. The van der Waals surface area contributed by atoms with Crippen molar-refractivity contribution in [1.29, 1.82) is 0 Å². The molecule has 110 valence electrons. The van der Waals surface area contributed by atoms with Crippen LogP contribution in [0, 0.1) is 0 Å². The number of carboxylic acids is 1. The van der Waals surface area contributed by atoms with Crippen LogP contribution in [0.1, 0.15) is 35.8 Å². The van der Waals surface area contributed by atoms with Gasteiger partial charge in [-0.3, -0.25) is 4.79 Å². The van der Waals surface area contributed by atoms with E-state index in [4.69, 9.17) is 5.11 Å². The number of nitrogens with zero attached hydrogens (tertiary/aromatic N) is 3. The van der Waals surface area contributed by atoms with Gasteiger partial charge in [0.1, 0.15) is 6.54 Å². The molecule has 0 fully saturated rings. The zero-order chi connectivity index (χ0) is 15.4. The Bertz CT molecular complexity index is 664. The van der Waals surface area contributed by atoms with Gasteiger partial charge in [0.15, 0.2) is 5.69 Å². The van der Waals surface area contributed by atoms with E-state index in [2.05, 4.69) is 15.6 Å². The van der Waals surface area contributed by atoms with E-state index in [1.54, 1.807) is 0 Å². The number of nitrogens with one attached hydrogen (secondary N) is 1. The van der Waals surface area contributed by atoms with Gasteiger partial charge >= 0.3 is 5.97 Å². The highest BCUT2D eigenvalue weighted by molar-refractivity contribution is 5.91. The van der Waals surface area contributed by atoms with Gasteiger partial charge < -0.3 is 10.4 Å². The normalized spacial score (nSPS) is 10.6. The Morgan fingerprint density at radius 1 is 1.33 bits per heavy atom. The Labute approximate surface area is 121 Å². The lowest BCUT2D eigenvalue weighted by molar-refractivity contribution is -0.116. The van der Waals surface area contributed by atoms with Crippen molar-refractivity contribution < 1.29 is 14.7 Å². The Morgan fingerprint density at radius 3 is 2.67 bits per heavy atom. The fourth-order valence-electron chi connectivity index (χ4n) is 1.92. The van der Waals surface area contributed by atoms with Crippen LogP contribution in [0.2, 0.25) is 0 Å². The van der Waals surface area contributed by atoms with Gasteiger partial charge in [0.2, 0.25) is 5.91 Å². The summed E-state index contributed by atoms with van der Waals surface area (Å²) in [4.78, 5) is 22.7. The first-order valence-electron chi connectivity index (χ1n) is 6.49. The average Bonchev–Trinajstić information content (AvgIpc) is 2.87. The molecule has 0 saturated heterocycles. The number of carbonyl (C=O) groups is 2. The number of benzene rings is 1. The van der Waals surface area contributed by atoms with Crippen molar-refractivity contribution in [3.63, 3.8) is 0 Å². The molecule has 0 spiro atoms. The second-order valence-corrected chi connectivity index (χ2v) is 4.90. The lowest BCUT2D eigenvalue weighted by Crippen LogP contribution is -2.20. The summed E-state index contributed by atoms with van der Waals surface area (Å²) in [6.07, 6.45) is 1.22. The van der Waals surface area contributed by atoms with E-state index in [0.717, 1.165) is 11.3 Å². The molecule has 2 aromatic rings. The zero-order valence-corrected chi connectivity index (χ0v) is 11.8. The number of anilines is 1. The molecule has 1 aromatic heterocycles. The highest BCUT2D eigenvalue weighted by Gasteiger charge is 2.12. The average molecular weight is 288 g/mol. The van der Waals surface area contributed by atoms with Crippen LogP contribution in [-0.4, -0.2) is 32.0 Å². The Morgan fingerprint density at radius 2 is 2.05 bits per heavy atom. The van der Waals surface area contributed by atoms with Crippen molar-refractivity contribution in [3.8, 4) is 0 Å². The summed E-state index contributed by atoms with van der Waals surface area (Å²) in [6, 6.07) is 7.55. The van der Waals surface area contributed by atoms with Gasteiger partial charge in [-0.1, -0.05) is 37.3 Å². The SMILES string of the molecule is CC(C)c1ccccc1NC(=O)Cn1cc(C(=O)O)nn1. The van der Waals surface area contributed by atoms with Crippen molar-refractivity contribution in [2.75, 3.05) is 5.32 Å². The maximum atomic E-state index is 12.0. The second-order valence-electron chi connectivity index (χ2n) is 4.90. The first-order chi connectivity index (χ1) is 9.97. The Balaban J connectivity index is 2.06. The van der Waals surface area contributed by atoms with Crippen molar-refractivity contribution in [2.45, 2.75) is 26.3 Å². The first-order valence-corrected chi connectivity index (χ1v) is 6.49. The van der Waals surface area contributed by atoms with Gasteiger partial charge in [-0.25, -0.2) is 9.48 Å². The molecule has 2 N–H and O–H groups in total. The number of para-hydroxylation sites is 1. The van der Waals surface area contributed by atoms with E-state index in [9.17, 15) is 9.59 Å². The molecule has 0 aliphatic carbocycles. The van der Waals surface area contributed by atoms with Crippen LogP contribution in [0.15, 0.2) is 30.5 Å². The Hall–Kier alpha value is -2.70. The number of hydrogen-bond acceptors (Lipinski definition) is 4. The van der Waals surface area contributed by atoms with Gasteiger partial charge in [0.25, 0.3) is 0 Å². The molecule has 0 unspecified atom stereocenters. The summed E-state index contributed by atoms with van der Waals surface area (Å²) in [5.41, 5.74) is 1.59. The number of aromatic nitrogens is 3. The smallest absolute Gasteiger partial charge is 0.358 e. The highest BCUT2D eigenvalue weighted by atomic mass is 16.4. The summed E-state index contributed by atoms with van der Waals surface area (Å²) in [6.45, 7) is 4.00. The number of hydrogen-bond donors (Lipinski definition) is 2. The van der Waals surface area contributed by atoms with E-state index in [1.165, 1.54) is 10.9 Å². The minimum atomic E-state index is -1.17. The van der Waals surface area contributed by atoms with Crippen LogP contribution in [0.25, 0.3) is 0 Å². The lowest BCUT2D eigenvalue weighted by Gasteiger charge is -2.13. The second kappa shape index (κ2) is 6.17. The van der Waals surface area contributed by atoms with E-state index >= 15 is 0 Å². The predicted molar refractivity (Wildman–Crippen MR) is 76.1 cm³/mol. The van der Waals surface area contributed by atoms with Crippen LogP contribution in [-0.2, 0) is 11.3 Å². The molecule has 0 radical (unpaired) electrons. The number of aromatic carboxylic acids is 1. The Kier molecular flexibility index (Phi) is 4.32. The van der Waals surface area contributed by atoms with E-state index in [0.29, 0.717) is 0 Å². The van der Waals surface area contributed by atoms with E-state index in [1.807, 2.05) is 38.1 Å². The molecular weight excluding hydrogens is 272 g/mol.